The summed E-state index contributed by atoms with van der Waals surface area (Å²) in [5.74, 6) is 2.25. The minimum atomic E-state index is -0.151. The third kappa shape index (κ3) is 5.14. The number of carbonyl (C=O) groups is 1. The lowest BCUT2D eigenvalue weighted by atomic mass is 10.2. The number of benzene rings is 1. The summed E-state index contributed by atoms with van der Waals surface area (Å²) in [4.78, 5) is 14.0. The average molecular weight is 316 g/mol. The number of aryl methyl sites for hydroxylation is 2. The number of amides is 1. The smallest absolute Gasteiger partial charge is 0.258 e. The molecule has 1 aromatic heterocycles. The molecule has 23 heavy (non-hydrogen) atoms. The molecule has 0 spiro atoms. The summed E-state index contributed by atoms with van der Waals surface area (Å²) >= 11 is 0. The predicted molar refractivity (Wildman–Crippen MR) is 89.6 cm³/mol. The molecule has 0 aliphatic heterocycles. The van der Waals surface area contributed by atoms with Crippen LogP contribution in [0.3, 0.4) is 0 Å². The fraction of sp³-hybridized carbons (Fsp3) is 0.389. The van der Waals surface area contributed by atoms with Crippen molar-refractivity contribution in [1.82, 2.24) is 10.2 Å². The van der Waals surface area contributed by atoms with Crippen LogP contribution in [0, 0.1) is 13.8 Å². The summed E-state index contributed by atoms with van der Waals surface area (Å²) in [6.07, 6.45) is 0. The Morgan fingerprint density at radius 3 is 2.65 bits per heavy atom. The molecule has 1 aromatic carbocycles. The van der Waals surface area contributed by atoms with Crippen molar-refractivity contribution in [2.45, 2.75) is 19.9 Å². The molecule has 2 aromatic rings. The molecule has 2 rings (SSSR count). The van der Waals surface area contributed by atoms with E-state index in [2.05, 4.69) is 5.32 Å². The van der Waals surface area contributed by atoms with Gasteiger partial charge in [0.05, 0.1) is 6.04 Å². The standard InChI is InChI=1S/C18H24N2O3/c1-13-6-5-7-15(10-13)22-12-18(21)19-11-16(20(3)4)17-9-8-14(2)23-17/h5-10,16H,11-12H2,1-4H3,(H,19,21)/t16-/m1/s1. The highest BCUT2D eigenvalue weighted by atomic mass is 16.5. The molecule has 0 saturated heterocycles. The fourth-order valence-corrected chi connectivity index (χ4v) is 2.29. The van der Waals surface area contributed by atoms with Gasteiger partial charge < -0.3 is 14.5 Å². The molecule has 0 unspecified atom stereocenters. The zero-order valence-corrected chi connectivity index (χ0v) is 14.1. The second kappa shape index (κ2) is 7.83. The van der Waals surface area contributed by atoms with E-state index in [1.54, 1.807) is 0 Å². The zero-order valence-electron chi connectivity index (χ0n) is 14.1. The number of furan rings is 1. The highest BCUT2D eigenvalue weighted by Crippen LogP contribution is 2.19. The average Bonchev–Trinajstić information content (AvgIpc) is 2.91. The highest BCUT2D eigenvalue weighted by Gasteiger charge is 2.18. The number of nitrogens with zero attached hydrogens (tertiary/aromatic N) is 1. The summed E-state index contributed by atoms with van der Waals surface area (Å²) in [7, 11) is 3.91. The molecule has 0 aliphatic carbocycles. The van der Waals surface area contributed by atoms with Crippen molar-refractivity contribution in [3.63, 3.8) is 0 Å². The summed E-state index contributed by atoms with van der Waals surface area (Å²) < 4.78 is 11.2. The summed E-state index contributed by atoms with van der Waals surface area (Å²) in [5, 5.41) is 2.89. The molecule has 0 aliphatic rings. The van der Waals surface area contributed by atoms with Gasteiger partial charge in [-0.05, 0) is 57.8 Å². The number of hydrogen-bond donors (Lipinski definition) is 1. The molecule has 0 saturated carbocycles. The maximum atomic E-state index is 12.0. The summed E-state index contributed by atoms with van der Waals surface area (Å²) in [6, 6.07) is 11.5. The van der Waals surface area contributed by atoms with Crippen molar-refractivity contribution in [2.75, 3.05) is 27.2 Å². The molecule has 1 amide bonds. The van der Waals surface area contributed by atoms with Gasteiger partial charge >= 0.3 is 0 Å². The van der Waals surface area contributed by atoms with Gasteiger partial charge in [0.15, 0.2) is 6.61 Å². The van der Waals surface area contributed by atoms with E-state index in [4.69, 9.17) is 9.15 Å². The van der Waals surface area contributed by atoms with Gasteiger partial charge in [-0.1, -0.05) is 12.1 Å². The number of hydrogen-bond acceptors (Lipinski definition) is 4. The number of carbonyl (C=O) groups excluding carboxylic acids is 1. The lowest BCUT2D eigenvalue weighted by Gasteiger charge is -2.22. The quantitative estimate of drug-likeness (QED) is 0.853. The Morgan fingerprint density at radius 1 is 1.26 bits per heavy atom. The van der Waals surface area contributed by atoms with Crippen LogP contribution in [0.4, 0.5) is 0 Å². The topological polar surface area (TPSA) is 54.7 Å². The Hall–Kier alpha value is -2.27. The van der Waals surface area contributed by atoms with Crippen LogP contribution in [0.25, 0.3) is 0 Å². The third-order valence-electron chi connectivity index (χ3n) is 3.56. The van der Waals surface area contributed by atoms with Crippen LogP contribution in [0.5, 0.6) is 5.75 Å². The van der Waals surface area contributed by atoms with Gasteiger partial charge in [-0.3, -0.25) is 9.69 Å². The van der Waals surface area contributed by atoms with Crippen LogP contribution in [0.2, 0.25) is 0 Å². The van der Waals surface area contributed by atoms with Crippen LogP contribution < -0.4 is 10.1 Å². The van der Waals surface area contributed by atoms with E-state index >= 15 is 0 Å². The van der Waals surface area contributed by atoms with E-state index < -0.39 is 0 Å². The predicted octanol–water partition coefficient (Wildman–Crippen LogP) is 2.69. The summed E-state index contributed by atoms with van der Waals surface area (Å²) in [5.41, 5.74) is 1.10. The minimum Gasteiger partial charge on any atom is -0.484 e. The van der Waals surface area contributed by atoms with E-state index in [0.29, 0.717) is 12.3 Å². The molecule has 1 N–H and O–H groups in total. The number of nitrogens with one attached hydrogen (secondary N) is 1. The van der Waals surface area contributed by atoms with Crippen molar-refractivity contribution < 1.29 is 13.9 Å². The number of likely N-dealkylation sites (N-methyl/N-ethyl adjacent to an activating group) is 1. The highest BCUT2D eigenvalue weighted by molar-refractivity contribution is 5.77. The first-order valence-corrected chi connectivity index (χ1v) is 7.64. The van der Waals surface area contributed by atoms with Gasteiger partial charge in [-0.2, -0.15) is 0 Å². The molecule has 0 radical (unpaired) electrons. The second-order valence-corrected chi connectivity index (χ2v) is 5.84. The van der Waals surface area contributed by atoms with E-state index in [1.807, 2.05) is 69.2 Å². The maximum Gasteiger partial charge on any atom is 0.258 e. The number of rotatable bonds is 7. The Balaban J connectivity index is 1.84. The first kappa shape index (κ1) is 17.1. The van der Waals surface area contributed by atoms with Gasteiger partial charge in [0.25, 0.3) is 5.91 Å². The van der Waals surface area contributed by atoms with E-state index in [1.165, 1.54) is 0 Å². The van der Waals surface area contributed by atoms with E-state index in [9.17, 15) is 4.79 Å². The molecule has 5 nitrogen and oxygen atoms in total. The van der Waals surface area contributed by atoms with Gasteiger partial charge in [0, 0.05) is 6.54 Å². The molecule has 1 heterocycles. The molecule has 1 atom stereocenters. The van der Waals surface area contributed by atoms with Gasteiger partial charge in [0.1, 0.15) is 17.3 Å². The summed E-state index contributed by atoms with van der Waals surface area (Å²) in [6.45, 7) is 4.36. The third-order valence-corrected chi connectivity index (χ3v) is 3.56. The molecule has 0 bridgehead atoms. The Morgan fingerprint density at radius 2 is 2.04 bits per heavy atom. The van der Waals surface area contributed by atoms with Crippen LogP contribution in [0.15, 0.2) is 40.8 Å². The molecular formula is C18H24N2O3. The Kier molecular flexibility index (Phi) is 5.82. The van der Waals surface area contributed by atoms with Crippen LogP contribution in [-0.4, -0.2) is 38.1 Å². The van der Waals surface area contributed by atoms with Crippen molar-refractivity contribution >= 4 is 5.91 Å². The molecule has 124 valence electrons. The lowest BCUT2D eigenvalue weighted by Crippen LogP contribution is -2.36. The fourth-order valence-electron chi connectivity index (χ4n) is 2.29. The van der Waals surface area contributed by atoms with E-state index in [0.717, 1.165) is 17.1 Å². The van der Waals surface area contributed by atoms with Crippen molar-refractivity contribution in [2.24, 2.45) is 0 Å². The lowest BCUT2D eigenvalue weighted by molar-refractivity contribution is -0.123. The van der Waals surface area contributed by atoms with Gasteiger partial charge in [-0.15, -0.1) is 0 Å². The SMILES string of the molecule is Cc1cccc(OCC(=O)NC[C@H](c2ccc(C)o2)N(C)C)c1. The van der Waals surface area contributed by atoms with Crippen LogP contribution in [0.1, 0.15) is 23.1 Å². The van der Waals surface area contributed by atoms with Crippen LogP contribution in [-0.2, 0) is 4.79 Å². The zero-order chi connectivity index (χ0) is 16.8. The Labute approximate surface area is 137 Å². The molecular weight excluding hydrogens is 292 g/mol. The maximum absolute atomic E-state index is 12.0. The molecule has 0 fully saturated rings. The Bertz CT molecular complexity index is 649. The van der Waals surface area contributed by atoms with Crippen LogP contribution >= 0.6 is 0 Å². The largest absolute Gasteiger partial charge is 0.484 e. The normalized spacial score (nSPS) is 12.2. The molecule has 5 heteroatoms. The second-order valence-electron chi connectivity index (χ2n) is 5.84. The van der Waals surface area contributed by atoms with Crippen molar-refractivity contribution in [1.29, 1.82) is 0 Å². The monoisotopic (exact) mass is 316 g/mol. The van der Waals surface area contributed by atoms with Gasteiger partial charge in [-0.25, -0.2) is 0 Å². The minimum absolute atomic E-state index is 0.000778. The number of ether oxygens (including phenoxy) is 1. The van der Waals surface area contributed by atoms with E-state index in [-0.39, 0.29) is 18.6 Å². The first-order chi connectivity index (χ1) is 11.0. The first-order valence-electron chi connectivity index (χ1n) is 7.64. The van der Waals surface area contributed by atoms with Crippen molar-refractivity contribution in [3.8, 4) is 5.75 Å². The van der Waals surface area contributed by atoms with Gasteiger partial charge in [0.2, 0.25) is 0 Å². The van der Waals surface area contributed by atoms with Crippen molar-refractivity contribution in [3.05, 3.63) is 53.5 Å².